The highest BCUT2D eigenvalue weighted by molar-refractivity contribution is 5.94. The maximum Gasteiger partial charge on any atom is 0.335 e. The van der Waals surface area contributed by atoms with Crippen molar-refractivity contribution in [1.29, 1.82) is 0 Å². The molecular formula is C28H33FN4O4. The van der Waals surface area contributed by atoms with E-state index in [0.29, 0.717) is 43.5 Å². The van der Waals surface area contributed by atoms with E-state index in [-0.39, 0.29) is 11.7 Å². The molecule has 3 aromatic heterocycles. The Bertz CT molecular complexity index is 1480. The molecule has 0 atom stereocenters. The topological polar surface area (TPSA) is 102 Å². The second kappa shape index (κ2) is 9.22. The number of halogens is 1. The van der Waals surface area contributed by atoms with Gasteiger partial charge in [-0.3, -0.25) is 5.10 Å². The second-order valence-electron chi connectivity index (χ2n) is 10.8. The third-order valence-electron chi connectivity index (χ3n) is 7.91. The van der Waals surface area contributed by atoms with Crippen molar-refractivity contribution in [2.75, 3.05) is 20.8 Å². The molecule has 3 heterocycles. The van der Waals surface area contributed by atoms with Crippen molar-refractivity contribution in [2.45, 2.75) is 63.4 Å². The Morgan fingerprint density at radius 1 is 1.27 bits per heavy atom. The van der Waals surface area contributed by atoms with Gasteiger partial charge in [0.1, 0.15) is 5.82 Å². The van der Waals surface area contributed by atoms with E-state index in [9.17, 15) is 14.3 Å². The maximum absolute atomic E-state index is 14.3. The summed E-state index contributed by atoms with van der Waals surface area (Å²) in [4.78, 5) is 17.1. The lowest BCUT2D eigenvalue weighted by Crippen LogP contribution is -2.43. The van der Waals surface area contributed by atoms with Crippen molar-refractivity contribution in [3.05, 3.63) is 53.1 Å². The number of ether oxygens (including phenoxy) is 2. The molecule has 0 amide bonds. The smallest absolute Gasteiger partial charge is 0.335 e. The number of pyridine rings is 1. The fourth-order valence-electron chi connectivity index (χ4n) is 5.99. The fraction of sp³-hybridized carbons (Fsp3) is 0.464. The lowest BCUT2D eigenvalue weighted by atomic mass is 9.73. The van der Waals surface area contributed by atoms with Crippen LogP contribution in [0, 0.1) is 12.7 Å². The summed E-state index contributed by atoms with van der Waals surface area (Å²) in [6, 6.07) is 7.20. The molecule has 37 heavy (non-hydrogen) atoms. The molecule has 1 saturated carbocycles. The van der Waals surface area contributed by atoms with E-state index in [4.69, 9.17) is 14.5 Å². The monoisotopic (exact) mass is 508 g/mol. The molecule has 0 spiro atoms. The highest BCUT2D eigenvalue weighted by Gasteiger charge is 2.45. The minimum absolute atomic E-state index is 0.0620. The third-order valence-corrected chi connectivity index (χ3v) is 7.91. The fourth-order valence-corrected chi connectivity index (χ4v) is 5.99. The quantitative estimate of drug-likeness (QED) is 0.347. The molecule has 0 saturated heterocycles. The Hall–Kier alpha value is -3.30. The zero-order valence-corrected chi connectivity index (χ0v) is 21.9. The molecule has 8 nitrogen and oxygen atoms in total. The summed E-state index contributed by atoms with van der Waals surface area (Å²) in [5.74, 6) is -1.12. The Kier molecular flexibility index (Phi) is 6.32. The molecule has 1 fully saturated rings. The standard InChI is InChI=1S/C28H33FN4O4/c1-16-12-19(6-7-20(16)29)33-21-13-18-14-30-32-25(18)31-23(21)22(24(33)27(2,3)15-36-4)17-8-10-28(37-5,11-9-17)26(34)35/h6-7,12-14,17H,8-11,15H2,1-5H3,(H,34,35)(H,30,31,32). The van der Waals surface area contributed by atoms with Crippen LogP contribution in [0.25, 0.3) is 27.8 Å². The zero-order valence-electron chi connectivity index (χ0n) is 21.9. The van der Waals surface area contributed by atoms with Crippen LogP contribution in [0.15, 0.2) is 30.5 Å². The number of hydrogen-bond donors (Lipinski definition) is 2. The van der Waals surface area contributed by atoms with Gasteiger partial charge in [-0.15, -0.1) is 0 Å². The van der Waals surface area contributed by atoms with E-state index in [1.54, 1.807) is 26.3 Å². The number of rotatable bonds is 7. The average molecular weight is 509 g/mol. The van der Waals surface area contributed by atoms with Crippen LogP contribution in [-0.2, 0) is 19.7 Å². The Balaban J connectivity index is 1.81. The molecule has 9 heteroatoms. The van der Waals surface area contributed by atoms with E-state index in [1.165, 1.54) is 13.2 Å². The average Bonchev–Trinajstić information content (AvgIpc) is 3.46. The number of carboxylic acids is 1. The third kappa shape index (κ3) is 4.10. The van der Waals surface area contributed by atoms with Gasteiger partial charge in [-0.25, -0.2) is 14.2 Å². The van der Waals surface area contributed by atoms with Gasteiger partial charge < -0.3 is 19.1 Å². The van der Waals surface area contributed by atoms with E-state index < -0.39 is 17.0 Å². The van der Waals surface area contributed by atoms with E-state index in [2.05, 4.69) is 34.7 Å². The lowest BCUT2D eigenvalue weighted by Gasteiger charge is -2.37. The number of aromatic amines is 1. The number of aromatic nitrogens is 4. The van der Waals surface area contributed by atoms with Gasteiger partial charge >= 0.3 is 5.97 Å². The number of aliphatic carboxylic acids is 1. The molecule has 0 aliphatic heterocycles. The first-order valence-corrected chi connectivity index (χ1v) is 12.5. The number of nitrogens with zero attached hydrogens (tertiary/aromatic N) is 3. The van der Waals surface area contributed by atoms with Gasteiger partial charge in [-0.2, -0.15) is 5.10 Å². The number of methoxy groups -OCH3 is 2. The molecule has 5 rings (SSSR count). The van der Waals surface area contributed by atoms with Gasteiger partial charge in [0, 0.05) is 42.0 Å². The van der Waals surface area contributed by atoms with E-state index in [0.717, 1.165) is 33.4 Å². The summed E-state index contributed by atoms with van der Waals surface area (Å²) in [6.07, 6.45) is 3.83. The van der Waals surface area contributed by atoms with Gasteiger partial charge in [0.05, 0.1) is 23.8 Å². The van der Waals surface area contributed by atoms with Crippen molar-refractivity contribution in [2.24, 2.45) is 0 Å². The number of hydrogen-bond acceptors (Lipinski definition) is 5. The van der Waals surface area contributed by atoms with Gasteiger partial charge in [0.15, 0.2) is 11.2 Å². The Labute approximate surface area is 214 Å². The predicted octanol–water partition coefficient (Wildman–Crippen LogP) is 5.40. The normalized spacial score (nSPS) is 20.6. The van der Waals surface area contributed by atoms with Crippen LogP contribution >= 0.6 is 0 Å². The number of fused-ring (bicyclic) bond motifs is 2. The first-order chi connectivity index (χ1) is 17.6. The van der Waals surface area contributed by atoms with Crippen LogP contribution < -0.4 is 0 Å². The zero-order chi connectivity index (χ0) is 26.5. The molecule has 196 valence electrons. The van der Waals surface area contributed by atoms with Crippen molar-refractivity contribution >= 4 is 28.0 Å². The number of carbonyl (C=O) groups is 1. The Morgan fingerprint density at radius 2 is 2.00 bits per heavy atom. The van der Waals surface area contributed by atoms with Gasteiger partial charge in [0.25, 0.3) is 0 Å². The molecule has 4 aromatic rings. The summed E-state index contributed by atoms with van der Waals surface area (Å²) >= 11 is 0. The lowest BCUT2D eigenvalue weighted by molar-refractivity contribution is -0.166. The molecule has 2 N–H and O–H groups in total. The highest BCUT2D eigenvalue weighted by atomic mass is 19.1. The molecule has 1 aliphatic rings. The van der Waals surface area contributed by atoms with Crippen LogP contribution in [-0.4, -0.2) is 57.3 Å². The van der Waals surface area contributed by atoms with Crippen molar-refractivity contribution in [3.63, 3.8) is 0 Å². The molecule has 0 unspecified atom stereocenters. The summed E-state index contributed by atoms with van der Waals surface area (Å²) in [5, 5.41) is 17.9. The van der Waals surface area contributed by atoms with Gasteiger partial charge in [-0.05, 0) is 68.4 Å². The first-order valence-electron chi connectivity index (χ1n) is 12.5. The summed E-state index contributed by atoms with van der Waals surface area (Å²) in [7, 11) is 3.16. The van der Waals surface area contributed by atoms with Crippen LogP contribution in [0.3, 0.4) is 0 Å². The molecular weight excluding hydrogens is 475 g/mol. The van der Waals surface area contributed by atoms with Gasteiger partial charge in [-0.1, -0.05) is 13.8 Å². The van der Waals surface area contributed by atoms with Crippen molar-refractivity contribution in [3.8, 4) is 5.69 Å². The number of nitrogens with one attached hydrogen (secondary N) is 1. The van der Waals surface area contributed by atoms with Crippen molar-refractivity contribution < 1.29 is 23.8 Å². The second-order valence-corrected chi connectivity index (χ2v) is 10.8. The van der Waals surface area contributed by atoms with Crippen LogP contribution in [0.1, 0.15) is 62.3 Å². The predicted molar refractivity (Wildman–Crippen MR) is 139 cm³/mol. The first kappa shape index (κ1) is 25.4. The summed E-state index contributed by atoms with van der Waals surface area (Å²) in [6.45, 7) is 6.48. The van der Waals surface area contributed by atoms with Crippen molar-refractivity contribution in [1.82, 2.24) is 19.7 Å². The number of benzene rings is 1. The highest BCUT2D eigenvalue weighted by Crippen LogP contribution is 2.47. The molecule has 1 aliphatic carbocycles. The Morgan fingerprint density at radius 3 is 2.62 bits per heavy atom. The molecule has 0 radical (unpaired) electrons. The summed E-state index contributed by atoms with van der Waals surface area (Å²) in [5.41, 5.74) is 4.32. The largest absolute Gasteiger partial charge is 0.479 e. The number of aryl methyl sites for hydroxylation is 1. The summed E-state index contributed by atoms with van der Waals surface area (Å²) < 4.78 is 27.7. The van der Waals surface area contributed by atoms with E-state index in [1.807, 2.05) is 6.07 Å². The molecule has 1 aromatic carbocycles. The van der Waals surface area contributed by atoms with E-state index >= 15 is 0 Å². The SMILES string of the molecule is COCC(C)(C)c1c(C2CCC(OC)(C(=O)O)CC2)c2nc3[nH]ncc3cc2n1-c1ccc(F)c(C)c1. The minimum Gasteiger partial charge on any atom is -0.479 e. The number of carboxylic acid groups (broad SMARTS) is 1. The van der Waals surface area contributed by atoms with Crippen LogP contribution in [0.2, 0.25) is 0 Å². The maximum atomic E-state index is 14.3. The molecule has 0 bridgehead atoms. The van der Waals surface area contributed by atoms with Crippen LogP contribution in [0.5, 0.6) is 0 Å². The van der Waals surface area contributed by atoms with Gasteiger partial charge in [0.2, 0.25) is 0 Å². The minimum atomic E-state index is -1.17. The number of H-pyrrole nitrogens is 1. The van der Waals surface area contributed by atoms with Crippen LogP contribution in [0.4, 0.5) is 4.39 Å².